The maximum absolute atomic E-state index is 11.2. The molecule has 2 heteroatoms. The van der Waals surface area contributed by atoms with Gasteiger partial charge in [0, 0.05) is 10.0 Å². The summed E-state index contributed by atoms with van der Waals surface area (Å²) in [5.41, 5.74) is 5.14. The Morgan fingerprint density at radius 2 is 1.53 bits per heavy atom. The number of aryl methyl sites for hydroxylation is 2. The van der Waals surface area contributed by atoms with Gasteiger partial charge in [0.25, 0.3) is 0 Å². The molecule has 2 rings (SSSR count). The maximum Gasteiger partial charge on any atom is 0.150 e. The molecular weight excluding hydrogens is 276 g/mol. The van der Waals surface area contributed by atoms with Gasteiger partial charge >= 0.3 is 0 Å². The lowest BCUT2D eigenvalue weighted by molar-refractivity contribution is 0.112. The van der Waals surface area contributed by atoms with Crippen LogP contribution in [-0.2, 0) is 0 Å². The lowest BCUT2D eigenvalue weighted by Gasteiger charge is -2.13. The molecule has 1 nitrogen and oxygen atoms in total. The number of aldehydes is 1. The van der Waals surface area contributed by atoms with Crippen molar-refractivity contribution in [1.82, 2.24) is 0 Å². The fourth-order valence-electron chi connectivity index (χ4n) is 2.08. The van der Waals surface area contributed by atoms with Crippen LogP contribution in [0, 0.1) is 13.8 Å². The first kappa shape index (κ1) is 12.1. The number of carbonyl (C=O) groups excluding carboxylic acids is 1. The second-order valence-corrected chi connectivity index (χ2v) is 4.94. The van der Waals surface area contributed by atoms with E-state index in [4.69, 9.17) is 0 Å². The van der Waals surface area contributed by atoms with Crippen LogP contribution in [0.2, 0.25) is 0 Å². The molecule has 0 N–H and O–H groups in total. The lowest BCUT2D eigenvalue weighted by Crippen LogP contribution is -1.94. The molecule has 0 aliphatic rings. The number of hydrogen-bond acceptors (Lipinski definition) is 1. The van der Waals surface area contributed by atoms with Gasteiger partial charge in [-0.1, -0.05) is 46.3 Å². The Balaban J connectivity index is 2.81. The van der Waals surface area contributed by atoms with Gasteiger partial charge < -0.3 is 0 Å². The smallest absolute Gasteiger partial charge is 0.150 e. The topological polar surface area (TPSA) is 17.1 Å². The van der Waals surface area contributed by atoms with Crippen molar-refractivity contribution in [2.75, 3.05) is 0 Å². The van der Waals surface area contributed by atoms with E-state index in [0.29, 0.717) is 0 Å². The summed E-state index contributed by atoms with van der Waals surface area (Å²) in [6.07, 6.45) is 0.918. The second-order valence-electron chi connectivity index (χ2n) is 4.09. The zero-order valence-corrected chi connectivity index (χ0v) is 11.4. The fraction of sp³-hybridized carbons (Fsp3) is 0.133. The molecule has 0 heterocycles. The molecule has 0 fully saturated rings. The largest absolute Gasteiger partial charge is 0.298 e. The first-order valence-corrected chi connectivity index (χ1v) is 6.24. The summed E-state index contributed by atoms with van der Waals surface area (Å²) < 4.78 is 1.02. The Labute approximate surface area is 110 Å². The lowest BCUT2D eigenvalue weighted by atomic mass is 9.93. The Morgan fingerprint density at radius 3 is 2.12 bits per heavy atom. The predicted molar refractivity (Wildman–Crippen MR) is 74.4 cm³/mol. The minimum Gasteiger partial charge on any atom is -0.298 e. The van der Waals surface area contributed by atoms with Crippen LogP contribution in [0.4, 0.5) is 0 Å². The third-order valence-corrected chi connectivity index (χ3v) is 3.56. The molecular formula is C15H13BrO. The van der Waals surface area contributed by atoms with Gasteiger partial charge in [-0.05, 0) is 42.2 Å². The average Bonchev–Trinajstić information content (AvgIpc) is 2.30. The van der Waals surface area contributed by atoms with E-state index in [0.717, 1.165) is 38.6 Å². The zero-order valence-electron chi connectivity index (χ0n) is 9.83. The van der Waals surface area contributed by atoms with E-state index in [2.05, 4.69) is 28.9 Å². The fourth-order valence-corrected chi connectivity index (χ4v) is 2.74. The van der Waals surface area contributed by atoms with Crippen LogP contribution >= 0.6 is 15.9 Å². The molecule has 0 radical (unpaired) electrons. The monoisotopic (exact) mass is 288 g/mol. The Kier molecular flexibility index (Phi) is 3.43. The number of halogens is 1. The van der Waals surface area contributed by atoms with Gasteiger partial charge in [-0.2, -0.15) is 0 Å². The number of carbonyl (C=O) groups is 1. The SMILES string of the molecule is Cc1cccc(Br)c1-c1c(C)cccc1C=O. The van der Waals surface area contributed by atoms with Crippen LogP contribution in [-0.4, -0.2) is 6.29 Å². The molecule has 0 aliphatic heterocycles. The van der Waals surface area contributed by atoms with E-state index in [1.54, 1.807) is 0 Å². The van der Waals surface area contributed by atoms with Gasteiger partial charge in [0.1, 0.15) is 0 Å². The van der Waals surface area contributed by atoms with Crippen molar-refractivity contribution < 1.29 is 4.79 Å². The Morgan fingerprint density at radius 1 is 0.941 bits per heavy atom. The number of benzene rings is 2. The van der Waals surface area contributed by atoms with Crippen molar-refractivity contribution in [1.29, 1.82) is 0 Å². The highest BCUT2D eigenvalue weighted by Gasteiger charge is 2.12. The molecule has 0 amide bonds. The summed E-state index contributed by atoms with van der Waals surface area (Å²) >= 11 is 3.57. The van der Waals surface area contributed by atoms with E-state index >= 15 is 0 Å². The summed E-state index contributed by atoms with van der Waals surface area (Å²) in [5.74, 6) is 0. The van der Waals surface area contributed by atoms with Gasteiger partial charge in [0.2, 0.25) is 0 Å². The molecule has 0 bridgehead atoms. The Hall–Kier alpha value is -1.41. The minimum absolute atomic E-state index is 0.736. The van der Waals surface area contributed by atoms with Crippen LogP contribution in [0.5, 0.6) is 0 Å². The van der Waals surface area contributed by atoms with Crippen molar-refractivity contribution in [3.63, 3.8) is 0 Å². The van der Waals surface area contributed by atoms with Crippen LogP contribution in [0.3, 0.4) is 0 Å². The predicted octanol–water partition coefficient (Wildman–Crippen LogP) is 4.55. The van der Waals surface area contributed by atoms with Crippen LogP contribution in [0.25, 0.3) is 11.1 Å². The molecule has 2 aromatic carbocycles. The first-order valence-electron chi connectivity index (χ1n) is 5.45. The van der Waals surface area contributed by atoms with Crippen LogP contribution in [0.1, 0.15) is 21.5 Å². The number of hydrogen-bond donors (Lipinski definition) is 0. The maximum atomic E-state index is 11.2. The van der Waals surface area contributed by atoms with E-state index in [-0.39, 0.29) is 0 Å². The van der Waals surface area contributed by atoms with E-state index < -0.39 is 0 Å². The zero-order chi connectivity index (χ0) is 12.4. The average molecular weight is 289 g/mol. The van der Waals surface area contributed by atoms with Gasteiger partial charge in [-0.3, -0.25) is 4.79 Å². The third kappa shape index (κ3) is 2.18. The van der Waals surface area contributed by atoms with Crippen LogP contribution < -0.4 is 0 Å². The highest BCUT2D eigenvalue weighted by atomic mass is 79.9. The molecule has 0 atom stereocenters. The van der Waals surface area contributed by atoms with E-state index in [1.807, 2.05) is 37.3 Å². The van der Waals surface area contributed by atoms with Crippen LogP contribution in [0.15, 0.2) is 40.9 Å². The van der Waals surface area contributed by atoms with Gasteiger partial charge in [0.05, 0.1) is 0 Å². The molecule has 0 saturated carbocycles. The standard InChI is InChI=1S/C15H13BrO/c1-10-5-3-7-12(9-17)14(10)15-11(2)6-4-8-13(15)16/h3-9H,1-2H3. The molecule has 0 unspecified atom stereocenters. The first-order chi connectivity index (χ1) is 8.15. The molecule has 0 aliphatic carbocycles. The normalized spacial score (nSPS) is 10.3. The summed E-state index contributed by atoms with van der Waals surface area (Å²) in [6, 6.07) is 11.9. The molecule has 86 valence electrons. The quantitative estimate of drug-likeness (QED) is 0.741. The second kappa shape index (κ2) is 4.84. The highest BCUT2D eigenvalue weighted by molar-refractivity contribution is 9.10. The summed E-state index contributed by atoms with van der Waals surface area (Å²) in [6.45, 7) is 4.09. The molecule has 17 heavy (non-hydrogen) atoms. The van der Waals surface area contributed by atoms with Crippen molar-refractivity contribution in [3.05, 3.63) is 57.6 Å². The molecule has 0 aromatic heterocycles. The van der Waals surface area contributed by atoms with Crippen molar-refractivity contribution in [2.45, 2.75) is 13.8 Å². The summed E-state index contributed by atoms with van der Waals surface area (Å²) in [5, 5.41) is 0. The highest BCUT2D eigenvalue weighted by Crippen LogP contribution is 2.35. The molecule has 2 aromatic rings. The number of rotatable bonds is 2. The Bertz CT molecular complexity index is 553. The molecule has 0 spiro atoms. The van der Waals surface area contributed by atoms with Gasteiger partial charge in [-0.25, -0.2) is 0 Å². The summed E-state index contributed by atoms with van der Waals surface area (Å²) in [7, 11) is 0. The molecule has 0 saturated heterocycles. The van der Waals surface area contributed by atoms with E-state index in [1.165, 1.54) is 0 Å². The van der Waals surface area contributed by atoms with Crippen molar-refractivity contribution in [2.24, 2.45) is 0 Å². The third-order valence-electron chi connectivity index (χ3n) is 2.90. The van der Waals surface area contributed by atoms with Crippen molar-refractivity contribution in [3.8, 4) is 11.1 Å². The van der Waals surface area contributed by atoms with Crippen molar-refractivity contribution >= 4 is 22.2 Å². The summed E-state index contributed by atoms with van der Waals surface area (Å²) in [4.78, 5) is 11.2. The van der Waals surface area contributed by atoms with Gasteiger partial charge in [0.15, 0.2) is 6.29 Å². The minimum atomic E-state index is 0.736. The van der Waals surface area contributed by atoms with E-state index in [9.17, 15) is 4.79 Å². The van der Waals surface area contributed by atoms with Gasteiger partial charge in [-0.15, -0.1) is 0 Å².